The van der Waals surface area contributed by atoms with Crippen LogP contribution < -0.4 is 5.32 Å². The summed E-state index contributed by atoms with van der Waals surface area (Å²) < 4.78 is 0. The normalized spacial score (nSPS) is 36.3. The van der Waals surface area contributed by atoms with E-state index in [1.165, 1.54) is 25.7 Å². The second-order valence-corrected chi connectivity index (χ2v) is 6.19. The molecule has 102 valence electrons. The molecule has 2 aliphatic carbocycles. The largest absolute Gasteiger partial charge is 0.339 e. The van der Waals surface area contributed by atoms with Crippen LogP contribution in [0.5, 0.6) is 0 Å². The van der Waals surface area contributed by atoms with E-state index in [9.17, 15) is 4.79 Å². The Hall–Kier alpha value is -0.610. The summed E-state index contributed by atoms with van der Waals surface area (Å²) in [6, 6.07) is 0.838. The summed E-state index contributed by atoms with van der Waals surface area (Å²) in [6.45, 7) is 4.50. The lowest BCUT2D eigenvalue weighted by Crippen LogP contribution is -2.54. The van der Waals surface area contributed by atoms with Crippen LogP contribution in [0.15, 0.2) is 0 Å². The van der Waals surface area contributed by atoms with E-state index in [1.54, 1.807) is 0 Å². The highest BCUT2D eigenvalue weighted by Crippen LogP contribution is 2.46. The molecule has 0 aromatic heterocycles. The van der Waals surface area contributed by atoms with Gasteiger partial charge in [-0.2, -0.15) is 0 Å². The molecule has 3 fully saturated rings. The topological polar surface area (TPSA) is 35.6 Å². The zero-order valence-corrected chi connectivity index (χ0v) is 11.4. The molecule has 4 nitrogen and oxygen atoms in total. The van der Waals surface area contributed by atoms with Crippen molar-refractivity contribution in [3.63, 3.8) is 0 Å². The Kier molecular flexibility index (Phi) is 3.57. The lowest BCUT2D eigenvalue weighted by Gasteiger charge is -2.41. The molecule has 2 bridgehead atoms. The van der Waals surface area contributed by atoms with Gasteiger partial charge in [0.2, 0.25) is 5.91 Å². The number of carbonyl (C=O) groups is 1. The molecule has 0 spiro atoms. The first kappa shape index (κ1) is 12.4. The molecule has 1 heterocycles. The maximum Gasteiger partial charge on any atom is 0.236 e. The summed E-state index contributed by atoms with van der Waals surface area (Å²) in [6.07, 6.45) is 5.83. The molecule has 3 unspecified atom stereocenters. The number of nitrogens with zero attached hydrogens (tertiary/aromatic N) is 2. The standard InChI is InChI=1S/C14H25N3O/c1-15-10-14(18)17-6-4-16(5-7-17)13-9-11-2-3-12(13)8-11/h11-13,15H,2-10H2,1H3. The van der Waals surface area contributed by atoms with Crippen molar-refractivity contribution in [2.45, 2.75) is 31.7 Å². The van der Waals surface area contributed by atoms with Gasteiger partial charge in [0.25, 0.3) is 0 Å². The van der Waals surface area contributed by atoms with Gasteiger partial charge in [-0.05, 0) is 38.1 Å². The molecular weight excluding hydrogens is 226 g/mol. The molecule has 3 rings (SSSR count). The van der Waals surface area contributed by atoms with Crippen LogP contribution in [0.4, 0.5) is 0 Å². The molecule has 0 aromatic rings. The minimum atomic E-state index is 0.255. The van der Waals surface area contributed by atoms with Gasteiger partial charge in [0.05, 0.1) is 6.54 Å². The van der Waals surface area contributed by atoms with Crippen LogP contribution in [0.3, 0.4) is 0 Å². The summed E-state index contributed by atoms with van der Waals surface area (Å²) >= 11 is 0. The zero-order valence-electron chi connectivity index (χ0n) is 11.4. The van der Waals surface area contributed by atoms with Crippen LogP contribution in [-0.4, -0.2) is 61.5 Å². The van der Waals surface area contributed by atoms with E-state index in [1.807, 2.05) is 11.9 Å². The SMILES string of the molecule is CNCC(=O)N1CCN(C2CC3CCC2C3)CC1. The van der Waals surface area contributed by atoms with Crippen LogP contribution in [0.2, 0.25) is 0 Å². The number of likely N-dealkylation sites (N-methyl/N-ethyl adjacent to an activating group) is 1. The monoisotopic (exact) mass is 251 g/mol. The Balaban J connectivity index is 1.50. The predicted octanol–water partition coefficient (Wildman–Crippen LogP) is 0.539. The van der Waals surface area contributed by atoms with Crippen LogP contribution in [0, 0.1) is 11.8 Å². The average molecular weight is 251 g/mol. The van der Waals surface area contributed by atoms with Crippen molar-refractivity contribution in [3.8, 4) is 0 Å². The van der Waals surface area contributed by atoms with Crippen molar-refractivity contribution in [1.29, 1.82) is 0 Å². The fourth-order valence-corrected chi connectivity index (χ4v) is 4.22. The molecular formula is C14H25N3O. The Morgan fingerprint density at radius 2 is 1.94 bits per heavy atom. The lowest BCUT2D eigenvalue weighted by molar-refractivity contribution is -0.132. The molecule has 1 saturated heterocycles. The van der Waals surface area contributed by atoms with Gasteiger partial charge in [0, 0.05) is 32.2 Å². The fraction of sp³-hybridized carbons (Fsp3) is 0.929. The van der Waals surface area contributed by atoms with E-state index in [0.29, 0.717) is 6.54 Å². The highest BCUT2D eigenvalue weighted by Gasteiger charge is 2.42. The van der Waals surface area contributed by atoms with Crippen molar-refractivity contribution in [3.05, 3.63) is 0 Å². The van der Waals surface area contributed by atoms with Gasteiger partial charge in [-0.25, -0.2) is 0 Å². The zero-order chi connectivity index (χ0) is 12.5. The van der Waals surface area contributed by atoms with Gasteiger partial charge >= 0.3 is 0 Å². The third-order valence-electron chi connectivity index (χ3n) is 5.16. The molecule has 1 amide bonds. The van der Waals surface area contributed by atoms with Crippen molar-refractivity contribution >= 4 is 5.91 Å². The number of fused-ring (bicyclic) bond motifs is 2. The Bertz CT molecular complexity index is 312. The minimum absolute atomic E-state index is 0.255. The minimum Gasteiger partial charge on any atom is -0.339 e. The number of carbonyl (C=O) groups excluding carboxylic acids is 1. The van der Waals surface area contributed by atoms with Gasteiger partial charge in [-0.15, -0.1) is 0 Å². The number of amides is 1. The van der Waals surface area contributed by atoms with Crippen molar-refractivity contribution in [2.24, 2.45) is 11.8 Å². The maximum atomic E-state index is 11.8. The third-order valence-corrected chi connectivity index (χ3v) is 5.16. The molecule has 3 aliphatic rings. The number of hydrogen-bond donors (Lipinski definition) is 1. The number of nitrogens with one attached hydrogen (secondary N) is 1. The van der Waals surface area contributed by atoms with E-state index in [-0.39, 0.29) is 5.91 Å². The summed E-state index contributed by atoms with van der Waals surface area (Å²) in [5, 5.41) is 2.95. The van der Waals surface area contributed by atoms with Gasteiger partial charge in [-0.1, -0.05) is 6.42 Å². The Morgan fingerprint density at radius 3 is 2.50 bits per heavy atom. The quantitative estimate of drug-likeness (QED) is 0.795. The summed E-state index contributed by atoms with van der Waals surface area (Å²) in [7, 11) is 1.84. The highest BCUT2D eigenvalue weighted by atomic mass is 16.2. The number of hydrogen-bond acceptors (Lipinski definition) is 3. The number of piperazine rings is 1. The van der Waals surface area contributed by atoms with Crippen LogP contribution in [0.1, 0.15) is 25.7 Å². The average Bonchev–Trinajstić information content (AvgIpc) is 3.01. The molecule has 0 radical (unpaired) electrons. The molecule has 18 heavy (non-hydrogen) atoms. The Morgan fingerprint density at radius 1 is 1.17 bits per heavy atom. The van der Waals surface area contributed by atoms with Crippen LogP contribution >= 0.6 is 0 Å². The molecule has 1 aliphatic heterocycles. The maximum absolute atomic E-state index is 11.8. The van der Waals surface area contributed by atoms with Gasteiger partial charge < -0.3 is 10.2 Å². The van der Waals surface area contributed by atoms with Crippen molar-refractivity contribution < 1.29 is 4.79 Å². The van der Waals surface area contributed by atoms with Crippen LogP contribution in [-0.2, 0) is 4.79 Å². The summed E-state index contributed by atoms with van der Waals surface area (Å²) in [4.78, 5) is 16.5. The Labute approximate surface area is 110 Å². The van der Waals surface area contributed by atoms with E-state index in [4.69, 9.17) is 0 Å². The molecule has 1 N–H and O–H groups in total. The second-order valence-electron chi connectivity index (χ2n) is 6.19. The van der Waals surface area contributed by atoms with E-state index in [2.05, 4.69) is 10.2 Å². The highest BCUT2D eigenvalue weighted by molar-refractivity contribution is 5.78. The van der Waals surface area contributed by atoms with E-state index >= 15 is 0 Å². The van der Waals surface area contributed by atoms with Crippen LogP contribution in [0.25, 0.3) is 0 Å². The smallest absolute Gasteiger partial charge is 0.236 e. The predicted molar refractivity (Wildman–Crippen MR) is 71.3 cm³/mol. The third kappa shape index (κ3) is 2.28. The van der Waals surface area contributed by atoms with Gasteiger partial charge in [0.15, 0.2) is 0 Å². The molecule has 2 saturated carbocycles. The number of rotatable bonds is 3. The van der Waals surface area contributed by atoms with E-state index in [0.717, 1.165) is 44.1 Å². The fourth-order valence-electron chi connectivity index (χ4n) is 4.22. The van der Waals surface area contributed by atoms with Crippen molar-refractivity contribution in [1.82, 2.24) is 15.1 Å². The molecule has 3 atom stereocenters. The second kappa shape index (κ2) is 5.17. The van der Waals surface area contributed by atoms with E-state index < -0.39 is 0 Å². The van der Waals surface area contributed by atoms with Gasteiger partial charge in [-0.3, -0.25) is 9.69 Å². The lowest BCUT2D eigenvalue weighted by atomic mass is 9.93. The molecule has 4 heteroatoms. The first-order chi connectivity index (χ1) is 8.78. The van der Waals surface area contributed by atoms with Crippen molar-refractivity contribution in [2.75, 3.05) is 39.8 Å². The first-order valence-electron chi connectivity index (χ1n) is 7.44. The summed E-state index contributed by atoms with van der Waals surface area (Å²) in [5.41, 5.74) is 0. The molecule has 0 aromatic carbocycles. The summed E-state index contributed by atoms with van der Waals surface area (Å²) in [5.74, 6) is 2.24. The van der Waals surface area contributed by atoms with Gasteiger partial charge in [0.1, 0.15) is 0 Å². The first-order valence-corrected chi connectivity index (χ1v) is 7.44.